The molecule has 0 spiro atoms. The van der Waals surface area contributed by atoms with Gasteiger partial charge < -0.3 is 19.7 Å². The number of aromatic nitrogens is 4. The van der Waals surface area contributed by atoms with Crippen LogP contribution < -0.4 is 10.1 Å². The Labute approximate surface area is 157 Å². The number of imidazole rings is 1. The SMILES string of the molecule is Cc1cc(-c2nc3cc(NCC4CC4)cc4c3n2CCCO4)nc(CO)n1. The maximum Gasteiger partial charge on any atom is 0.160 e. The molecule has 27 heavy (non-hydrogen) atoms. The molecule has 2 aromatic heterocycles. The molecule has 5 rings (SSSR count). The summed E-state index contributed by atoms with van der Waals surface area (Å²) in [5, 5.41) is 13.0. The van der Waals surface area contributed by atoms with Gasteiger partial charge in [0, 0.05) is 30.5 Å². The zero-order valence-electron chi connectivity index (χ0n) is 15.4. The van der Waals surface area contributed by atoms with Crippen LogP contribution >= 0.6 is 0 Å². The summed E-state index contributed by atoms with van der Waals surface area (Å²) in [5.74, 6) is 2.89. The third-order valence-corrected chi connectivity index (χ3v) is 5.15. The Morgan fingerprint density at radius 3 is 2.93 bits per heavy atom. The van der Waals surface area contributed by atoms with Crippen molar-refractivity contribution in [1.29, 1.82) is 0 Å². The van der Waals surface area contributed by atoms with Crippen LogP contribution in [0.3, 0.4) is 0 Å². The van der Waals surface area contributed by atoms with Gasteiger partial charge in [0.25, 0.3) is 0 Å². The van der Waals surface area contributed by atoms with Crippen LogP contribution in [0.4, 0.5) is 5.69 Å². The van der Waals surface area contributed by atoms with E-state index in [1.807, 2.05) is 13.0 Å². The minimum absolute atomic E-state index is 0.182. The number of anilines is 1. The van der Waals surface area contributed by atoms with E-state index in [0.717, 1.165) is 65.1 Å². The zero-order valence-corrected chi connectivity index (χ0v) is 15.4. The van der Waals surface area contributed by atoms with Gasteiger partial charge in [-0.05, 0) is 44.2 Å². The largest absolute Gasteiger partial charge is 0.491 e. The Morgan fingerprint density at radius 1 is 1.22 bits per heavy atom. The second kappa shape index (κ2) is 6.49. The fourth-order valence-electron chi connectivity index (χ4n) is 3.66. The monoisotopic (exact) mass is 365 g/mol. The highest BCUT2D eigenvalue weighted by Crippen LogP contribution is 2.36. The summed E-state index contributed by atoms with van der Waals surface area (Å²) in [6.45, 7) is 4.24. The van der Waals surface area contributed by atoms with Crippen molar-refractivity contribution in [1.82, 2.24) is 19.5 Å². The summed E-state index contributed by atoms with van der Waals surface area (Å²) in [6.07, 6.45) is 3.55. The number of rotatable bonds is 5. The number of aliphatic hydroxyl groups excluding tert-OH is 1. The van der Waals surface area contributed by atoms with Crippen molar-refractivity contribution < 1.29 is 9.84 Å². The molecule has 2 aliphatic rings. The van der Waals surface area contributed by atoms with E-state index in [1.54, 1.807) is 0 Å². The van der Waals surface area contributed by atoms with Crippen LogP contribution in [0.25, 0.3) is 22.6 Å². The molecule has 1 fully saturated rings. The minimum Gasteiger partial charge on any atom is -0.491 e. The first kappa shape index (κ1) is 16.5. The van der Waals surface area contributed by atoms with Crippen molar-refractivity contribution in [3.8, 4) is 17.3 Å². The van der Waals surface area contributed by atoms with E-state index in [4.69, 9.17) is 9.72 Å². The normalized spacial score (nSPS) is 16.2. The fraction of sp³-hybridized carbons (Fsp3) is 0.450. The highest BCUT2D eigenvalue weighted by molar-refractivity contribution is 5.89. The number of nitrogens with zero attached hydrogens (tertiary/aromatic N) is 4. The molecule has 2 N–H and O–H groups in total. The van der Waals surface area contributed by atoms with E-state index in [2.05, 4.69) is 32.0 Å². The quantitative estimate of drug-likeness (QED) is 0.723. The van der Waals surface area contributed by atoms with E-state index in [9.17, 15) is 5.11 Å². The second-order valence-electron chi connectivity index (χ2n) is 7.42. The van der Waals surface area contributed by atoms with Gasteiger partial charge in [0.15, 0.2) is 11.6 Å². The maximum atomic E-state index is 9.46. The van der Waals surface area contributed by atoms with E-state index in [0.29, 0.717) is 12.4 Å². The molecule has 0 amide bonds. The molecule has 1 aromatic carbocycles. The molecular weight excluding hydrogens is 342 g/mol. The third-order valence-electron chi connectivity index (χ3n) is 5.15. The molecule has 1 aliphatic carbocycles. The van der Waals surface area contributed by atoms with Crippen molar-refractivity contribution in [2.75, 3.05) is 18.5 Å². The van der Waals surface area contributed by atoms with Crippen molar-refractivity contribution in [3.63, 3.8) is 0 Å². The Morgan fingerprint density at radius 2 is 2.11 bits per heavy atom. The smallest absolute Gasteiger partial charge is 0.160 e. The summed E-state index contributed by atoms with van der Waals surface area (Å²) in [7, 11) is 0. The van der Waals surface area contributed by atoms with Crippen molar-refractivity contribution in [3.05, 3.63) is 29.7 Å². The summed E-state index contributed by atoms with van der Waals surface area (Å²) in [6, 6.07) is 6.10. The summed E-state index contributed by atoms with van der Waals surface area (Å²) in [4.78, 5) is 13.7. The molecule has 1 saturated carbocycles. The maximum absolute atomic E-state index is 9.46. The van der Waals surface area contributed by atoms with Crippen LogP contribution in [-0.4, -0.2) is 37.8 Å². The number of nitrogens with one attached hydrogen (secondary N) is 1. The van der Waals surface area contributed by atoms with Crippen molar-refractivity contribution in [2.45, 2.75) is 39.3 Å². The van der Waals surface area contributed by atoms with E-state index in [1.165, 1.54) is 12.8 Å². The Balaban J connectivity index is 1.64. The molecular formula is C20H23N5O2. The molecule has 0 atom stereocenters. The Kier molecular flexibility index (Phi) is 3.97. The molecule has 0 saturated heterocycles. The first-order valence-corrected chi connectivity index (χ1v) is 9.58. The predicted octanol–water partition coefficient (Wildman–Crippen LogP) is 2.90. The van der Waals surface area contributed by atoms with Crippen LogP contribution in [0.2, 0.25) is 0 Å². The number of benzene rings is 1. The lowest BCUT2D eigenvalue weighted by Crippen LogP contribution is -2.05. The molecule has 3 aromatic rings. The van der Waals surface area contributed by atoms with Gasteiger partial charge in [-0.3, -0.25) is 0 Å². The lowest BCUT2D eigenvalue weighted by atomic mass is 10.2. The van der Waals surface area contributed by atoms with E-state index < -0.39 is 0 Å². The minimum atomic E-state index is -0.182. The molecule has 0 unspecified atom stereocenters. The lowest BCUT2D eigenvalue weighted by molar-refractivity contribution is 0.271. The van der Waals surface area contributed by atoms with Gasteiger partial charge in [-0.1, -0.05) is 0 Å². The number of ether oxygens (including phenoxy) is 1. The van der Waals surface area contributed by atoms with Gasteiger partial charge in [-0.2, -0.15) is 0 Å². The van der Waals surface area contributed by atoms with Crippen LogP contribution in [0.15, 0.2) is 18.2 Å². The van der Waals surface area contributed by atoms with Crippen molar-refractivity contribution >= 4 is 16.7 Å². The fourth-order valence-corrected chi connectivity index (χ4v) is 3.66. The lowest BCUT2D eigenvalue weighted by Gasteiger charge is -2.10. The predicted molar refractivity (Wildman–Crippen MR) is 103 cm³/mol. The number of hydrogen-bond acceptors (Lipinski definition) is 6. The van der Waals surface area contributed by atoms with Gasteiger partial charge in [0.05, 0.1) is 12.1 Å². The number of aliphatic hydroxyl groups is 1. The molecule has 0 radical (unpaired) electrons. The molecule has 0 bridgehead atoms. The van der Waals surface area contributed by atoms with Gasteiger partial charge in [0.2, 0.25) is 0 Å². The van der Waals surface area contributed by atoms with Crippen LogP contribution in [-0.2, 0) is 13.2 Å². The van der Waals surface area contributed by atoms with Gasteiger partial charge in [0.1, 0.15) is 23.6 Å². The Bertz CT molecular complexity index is 1010. The van der Waals surface area contributed by atoms with Crippen LogP contribution in [0, 0.1) is 12.8 Å². The molecule has 3 heterocycles. The topological polar surface area (TPSA) is 85.1 Å². The summed E-state index contributed by atoms with van der Waals surface area (Å²) in [5.41, 5.74) is 4.53. The van der Waals surface area contributed by atoms with Crippen molar-refractivity contribution in [2.24, 2.45) is 5.92 Å². The van der Waals surface area contributed by atoms with E-state index >= 15 is 0 Å². The Hall–Kier alpha value is -2.67. The molecule has 1 aliphatic heterocycles. The average molecular weight is 365 g/mol. The first-order valence-electron chi connectivity index (χ1n) is 9.58. The average Bonchev–Trinajstić information content (AvgIpc) is 3.45. The van der Waals surface area contributed by atoms with E-state index in [-0.39, 0.29) is 6.61 Å². The number of aryl methyl sites for hydroxylation is 2. The van der Waals surface area contributed by atoms with Gasteiger partial charge in [-0.25, -0.2) is 15.0 Å². The van der Waals surface area contributed by atoms with Crippen LogP contribution in [0.1, 0.15) is 30.8 Å². The number of hydrogen-bond donors (Lipinski definition) is 2. The zero-order chi connectivity index (χ0) is 18.4. The molecule has 7 heteroatoms. The molecule has 140 valence electrons. The summed E-state index contributed by atoms with van der Waals surface area (Å²) < 4.78 is 8.21. The molecule has 7 nitrogen and oxygen atoms in total. The highest BCUT2D eigenvalue weighted by Gasteiger charge is 2.23. The summed E-state index contributed by atoms with van der Waals surface area (Å²) >= 11 is 0. The van der Waals surface area contributed by atoms with Gasteiger partial charge >= 0.3 is 0 Å². The highest BCUT2D eigenvalue weighted by atomic mass is 16.5. The third kappa shape index (κ3) is 3.12. The second-order valence-corrected chi connectivity index (χ2v) is 7.42. The standard InChI is InChI=1S/C20H23N5O2/c1-12-7-16(23-18(11-26)22-12)20-24-15-8-14(21-10-13-3-4-13)9-17-19(15)25(20)5-2-6-27-17/h7-9,13,21,26H,2-6,10-11H2,1H3. The van der Waals surface area contributed by atoms with Crippen LogP contribution in [0.5, 0.6) is 5.75 Å². The first-order chi connectivity index (χ1) is 13.2. The van der Waals surface area contributed by atoms with Gasteiger partial charge in [-0.15, -0.1) is 0 Å².